The highest BCUT2D eigenvalue weighted by molar-refractivity contribution is 5.91. The summed E-state index contributed by atoms with van der Waals surface area (Å²) in [7, 11) is 1.54. The molecule has 2 aromatic rings. The maximum Gasteiger partial charge on any atom is 0.343 e. The van der Waals surface area contributed by atoms with Crippen LogP contribution in [0.4, 0.5) is 0 Å². The molecule has 0 aliphatic heterocycles. The molecule has 230 valence electrons. The Morgan fingerprint density at radius 1 is 0.762 bits per heavy atom. The number of benzene rings is 2. The number of hydrogen-bond acceptors (Lipinski definition) is 8. The minimum Gasteiger partial charge on any atom is -0.494 e. The molecule has 0 fully saturated rings. The van der Waals surface area contributed by atoms with Gasteiger partial charge in [-0.15, -0.1) is 0 Å². The van der Waals surface area contributed by atoms with Crippen LogP contribution in [0.3, 0.4) is 0 Å². The number of ether oxygens (including phenoxy) is 5. The Hall–Kier alpha value is -3.65. The van der Waals surface area contributed by atoms with Gasteiger partial charge in [-0.2, -0.15) is 0 Å². The van der Waals surface area contributed by atoms with Crippen LogP contribution >= 0.6 is 0 Å². The Balaban J connectivity index is 1.60. The van der Waals surface area contributed by atoms with Crippen molar-refractivity contribution in [2.45, 2.75) is 66.2 Å². The number of methoxy groups -OCH3 is 1. The molecule has 0 spiro atoms. The van der Waals surface area contributed by atoms with E-state index in [1.165, 1.54) is 13.2 Å². The number of carbonyl (C=O) groups is 3. The molecule has 8 nitrogen and oxygen atoms in total. The predicted molar refractivity (Wildman–Crippen MR) is 162 cm³/mol. The van der Waals surface area contributed by atoms with Crippen LogP contribution in [-0.4, -0.2) is 51.4 Å². The molecule has 1 unspecified atom stereocenters. The summed E-state index contributed by atoms with van der Waals surface area (Å²) in [5, 5.41) is 0. The minimum absolute atomic E-state index is 0.0693. The third kappa shape index (κ3) is 14.8. The van der Waals surface area contributed by atoms with Crippen molar-refractivity contribution in [1.29, 1.82) is 0 Å². The van der Waals surface area contributed by atoms with Crippen LogP contribution in [0.1, 0.15) is 82.1 Å². The standard InChI is InChI=1S/C34H46O8/c1-26(25-34(2,3)4)32(36)41-22-10-8-6-7-9-21-39-29-18-14-28(15-19-29)33(37)42-30-16-11-27(12-17-30)13-20-31(35)40-24-23-38-5/h11-20,26H,6-10,21-25H2,1-5H3/b20-13+. The monoisotopic (exact) mass is 582 g/mol. The highest BCUT2D eigenvalue weighted by Gasteiger charge is 2.21. The molecule has 0 aromatic heterocycles. The van der Waals surface area contributed by atoms with Crippen molar-refractivity contribution < 1.29 is 38.1 Å². The van der Waals surface area contributed by atoms with Gasteiger partial charge in [-0.3, -0.25) is 4.79 Å². The van der Waals surface area contributed by atoms with Crippen LogP contribution in [0, 0.1) is 11.3 Å². The van der Waals surface area contributed by atoms with Crippen LogP contribution < -0.4 is 9.47 Å². The second-order valence-electron chi connectivity index (χ2n) is 11.4. The van der Waals surface area contributed by atoms with Crippen LogP contribution in [0.25, 0.3) is 6.08 Å². The van der Waals surface area contributed by atoms with Gasteiger partial charge >= 0.3 is 17.9 Å². The van der Waals surface area contributed by atoms with Crippen molar-refractivity contribution in [2.75, 3.05) is 33.5 Å². The maximum atomic E-state index is 12.5. The predicted octanol–water partition coefficient (Wildman–Crippen LogP) is 7.05. The molecule has 0 amide bonds. The first-order valence-corrected chi connectivity index (χ1v) is 14.6. The SMILES string of the molecule is COCCOC(=O)/C=C/c1ccc(OC(=O)c2ccc(OCCCCCCCOC(=O)C(C)CC(C)(C)C)cc2)cc1. The van der Waals surface area contributed by atoms with Gasteiger partial charge in [-0.05, 0) is 72.7 Å². The van der Waals surface area contributed by atoms with Crippen molar-refractivity contribution in [3.63, 3.8) is 0 Å². The lowest BCUT2D eigenvalue weighted by Gasteiger charge is -2.22. The lowest BCUT2D eigenvalue weighted by molar-refractivity contribution is -0.149. The Morgan fingerprint density at radius 3 is 2.02 bits per heavy atom. The summed E-state index contributed by atoms with van der Waals surface area (Å²) in [6.45, 7) is 9.94. The Morgan fingerprint density at radius 2 is 1.38 bits per heavy atom. The molecule has 42 heavy (non-hydrogen) atoms. The van der Waals surface area contributed by atoms with E-state index < -0.39 is 11.9 Å². The van der Waals surface area contributed by atoms with Crippen molar-refractivity contribution in [1.82, 2.24) is 0 Å². The van der Waals surface area contributed by atoms with Gasteiger partial charge in [-0.25, -0.2) is 9.59 Å². The molecule has 2 aromatic carbocycles. The number of esters is 3. The van der Waals surface area contributed by atoms with Crippen LogP contribution in [0.15, 0.2) is 54.6 Å². The first-order valence-electron chi connectivity index (χ1n) is 14.6. The fourth-order valence-corrected chi connectivity index (χ4v) is 4.18. The molecule has 0 N–H and O–H groups in total. The summed E-state index contributed by atoms with van der Waals surface area (Å²) in [4.78, 5) is 36.2. The molecule has 0 bridgehead atoms. The number of unbranched alkanes of at least 4 members (excludes halogenated alkanes) is 4. The summed E-state index contributed by atoms with van der Waals surface area (Å²) in [6, 6.07) is 13.7. The number of carbonyl (C=O) groups excluding carboxylic acids is 3. The van der Waals surface area contributed by atoms with E-state index in [-0.39, 0.29) is 23.9 Å². The fourth-order valence-electron chi connectivity index (χ4n) is 4.18. The van der Waals surface area contributed by atoms with Gasteiger partial charge < -0.3 is 23.7 Å². The third-order valence-electron chi connectivity index (χ3n) is 6.25. The molecule has 8 heteroatoms. The van der Waals surface area contributed by atoms with Gasteiger partial charge in [0, 0.05) is 13.2 Å². The first-order chi connectivity index (χ1) is 20.1. The molecular formula is C34H46O8. The van der Waals surface area contributed by atoms with E-state index >= 15 is 0 Å². The van der Waals surface area contributed by atoms with Crippen molar-refractivity contribution in [3.05, 3.63) is 65.7 Å². The maximum absolute atomic E-state index is 12.5. The van der Waals surface area contributed by atoms with Crippen LogP contribution in [-0.2, 0) is 23.8 Å². The van der Waals surface area contributed by atoms with Crippen LogP contribution in [0.2, 0.25) is 0 Å². The van der Waals surface area contributed by atoms with E-state index in [4.69, 9.17) is 23.7 Å². The summed E-state index contributed by atoms with van der Waals surface area (Å²) in [5.74, 6) is -0.00621. The number of rotatable bonds is 18. The molecule has 0 saturated heterocycles. The highest BCUT2D eigenvalue weighted by atomic mass is 16.6. The van der Waals surface area contributed by atoms with Gasteiger partial charge in [0.25, 0.3) is 0 Å². The van der Waals surface area contributed by atoms with Gasteiger partial charge in [0.15, 0.2) is 0 Å². The van der Waals surface area contributed by atoms with Crippen LogP contribution in [0.5, 0.6) is 11.5 Å². The Kier molecular flexibility index (Phi) is 15.4. The van der Waals surface area contributed by atoms with E-state index in [0.717, 1.165) is 44.1 Å². The van der Waals surface area contributed by atoms with Crippen molar-refractivity contribution >= 4 is 24.0 Å². The molecule has 0 aliphatic rings. The summed E-state index contributed by atoms with van der Waals surface area (Å²) in [5.41, 5.74) is 1.30. The largest absolute Gasteiger partial charge is 0.494 e. The zero-order chi connectivity index (χ0) is 30.8. The van der Waals surface area contributed by atoms with Gasteiger partial charge in [0.05, 0.1) is 31.3 Å². The molecule has 1 atom stereocenters. The van der Waals surface area contributed by atoms with Gasteiger partial charge in [0.2, 0.25) is 0 Å². The van der Waals surface area contributed by atoms with E-state index in [9.17, 15) is 14.4 Å². The third-order valence-corrected chi connectivity index (χ3v) is 6.25. The summed E-state index contributed by atoms with van der Waals surface area (Å²) >= 11 is 0. The molecule has 2 rings (SSSR count). The molecule has 0 heterocycles. The van der Waals surface area contributed by atoms with E-state index in [0.29, 0.717) is 36.9 Å². The lowest BCUT2D eigenvalue weighted by Crippen LogP contribution is -2.21. The van der Waals surface area contributed by atoms with Gasteiger partial charge in [0.1, 0.15) is 18.1 Å². The second-order valence-corrected chi connectivity index (χ2v) is 11.4. The van der Waals surface area contributed by atoms with E-state index in [2.05, 4.69) is 20.8 Å². The zero-order valence-electron chi connectivity index (χ0n) is 25.7. The summed E-state index contributed by atoms with van der Waals surface area (Å²) in [6.07, 6.45) is 8.68. The first kappa shape index (κ1) is 34.6. The molecule has 0 radical (unpaired) electrons. The lowest BCUT2D eigenvalue weighted by atomic mass is 9.85. The Labute approximate surface area is 250 Å². The average molecular weight is 583 g/mol. The topological polar surface area (TPSA) is 97.4 Å². The average Bonchev–Trinajstić information content (AvgIpc) is 2.95. The molecular weight excluding hydrogens is 536 g/mol. The minimum atomic E-state index is -0.471. The zero-order valence-corrected chi connectivity index (χ0v) is 25.7. The molecule has 0 saturated carbocycles. The Bertz CT molecular complexity index is 1110. The van der Waals surface area contributed by atoms with E-state index in [1.54, 1.807) is 54.6 Å². The normalized spacial score (nSPS) is 12.1. The van der Waals surface area contributed by atoms with Crippen molar-refractivity contribution in [2.24, 2.45) is 11.3 Å². The number of hydrogen-bond donors (Lipinski definition) is 0. The van der Waals surface area contributed by atoms with Crippen molar-refractivity contribution in [3.8, 4) is 11.5 Å². The fraction of sp³-hybridized carbons (Fsp3) is 0.500. The highest BCUT2D eigenvalue weighted by Crippen LogP contribution is 2.25. The van der Waals surface area contributed by atoms with Gasteiger partial charge in [-0.1, -0.05) is 59.1 Å². The smallest absolute Gasteiger partial charge is 0.343 e. The van der Waals surface area contributed by atoms with E-state index in [1.807, 2.05) is 6.92 Å². The quantitative estimate of drug-likeness (QED) is 0.0798. The molecule has 0 aliphatic carbocycles. The summed E-state index contributed by atoms with van der Waals surface area (Å²) < 4.78 is 26.5. The second kappa shape index (κ2) is 18.7.